The normalized spacial score (nSPS) is 14.9. The third-order valence-electron chi connectivity index (χ3n) is 4.53. The Morgan fingerprint density at radius 3 is 2.83 bits per heavy atom. The van der Waals surface area contributed by atoms with E-state index in [4.69, 9.17) is 10.3 Å². The fraction of sp³-hybridized carbons (Fsp3) is 0.158. The minimum atomic E-state index is -0.512. The topological polar surface area (TPSA) is 160 Å². The van der Waals surface area contributed by atoms with Crippen LogP contribution in [0.2, 0.25) is 0 Å². The van der Waals surface area contributed by atoms with Gasteiger partial charge in [-0.2, -0.15) is 14.9 Å². The first-order chi connectivity index (χ1) is 14.6. The number of fused-ring (bicyclic) bond motifs is 1. The number of aromatic amines is 2. The quantitative estimate of drug-likeness (QED) is 0.376. The van der Waals surface area contributed by atoms with Gasteiger partial charge in [0.25, 0.3) is 0 Å². The van der Waals surface area contributed by atoms with Gasteiger partial charge in [0, 0.05) is 17.5 Å². The Kier molecular flexibility index (Phi) is 4.03. The molecular weight excluding hydrogens is 386 g/mol. The molecule has 1 fully saturated rings. The molecule has 148 valence electrons. The van der Waals surface area contributed by atoms with Crippen LogP contribution in [0, 0.1) is 11.3 Å². The third-order valence-corrected chi connectivity index (χ3v) is 4.53. The molecule has 0 bridgehead atoms. The Bertz CT molecular complexity index is 1470. The van der Waals surface area contributed by atoms with Crippen LogP contribution in [0.1, 0.15) is 24.1 Å². The van der Waals surface area contributed by atoms with Crippen molar-refractivity contribution in [3.63, 3.8) is 0 Å². The van der Waals surface area contributed by atoms with E-state index >= 15 is 0 Å². The molecule has 4 aromatic rings. The molecule has 1 saturated carbocycles. The van der Waals surface area contributed by atoms with Crippen LogP contribution in [0.5, 0.6) is 5.88 Å². The molecule has 4 heterocycles. The average Bonchev–Trinajstić information content (AvgIpc) is 3.37. The van der Waals surface area contributed by atoms with Gasteiger partial charge in [-0.1, -0.05) is 0 Å². The zero-order valence-electron chi connectivity index (χ0n) is 15.5. The van der Waals surface area contributed by atoms with E-state index in [1.807, 2.05) is 6.07 Å². The maximum Gasteiger partial charge on any atom is 0.326 e. The number of H-pyrrole nitrogens is 2. The van der Waals surface area contributed by atoms with Crippen molar-refractivity contribution in [2.24, 2.45) is 4.99 Å². The highest BCUT2D eigenvalue weighted by Gasteiger charge is 2.20. The van der Waals surface area contributed by atoms with Crippen LogP contribution < -0.4 is 21.7 Å². The Labute approximate surface area is 168 Å². The van der Waals surface area contributed by atoms with Gasteiger partial charge < -0.3 is 15.4 Å². The van der Waals surface area contributed by atoms with Crippen molar-refractivity contribution in [3.8, 4) is 11.9 Å². The Morgan fingerprint density at radius 1 is 1.30 bits per heavy atom. The van der Waals surface area contributed by atoms with Crippen molar-refractivity contribution in [2.75, 3.05) is 5.32 Å². The molecule has 4 aromatic heterocycles. The molecule has 0 atom stereocenters. The standard InChI is InChI=1S/C19H15N9O2/c20-7-10-1-4-14(21-8-10)25-15-6-16(23-12-2-3-12)28-17(26-15)11(9-22-28)5-13-18(29)27-19(30)24-13/h1,4-6,8-9,12,29H,2-3H2,(H,21,25)(H2,24,27,30). The van der Waals surface area contributed by atoms with Crippen LogP contribution in [-0.2, 0) is 0 Å². The molecular formula is C19H15N9O2. The summed E-state index contributed by atoms with van der Waals surface area (Å²) in [6.07, 6.45) is 6.69. The molecule has 1 aliphatic carbocycles. The highest BCUT2D eigenvalue weighted by molar-refractivity contribution is 5.60. The van der Waals surface area contributed by atoms with Crippen LogP contribution in [0.25, 0.3) is 11.7 Å². The monoisotopic (exact) mass is 401 g/mol. The second-order valence-electron chi connectivity index (χ2n) is 6.85. The first-order valence-corrected chi connectivity index (χ1v) is 9.18. The lowest BCUT2D eigenvalue weighted by molar-refractivity contribution is 0.454. The summed E-state index contributed by atoms with van der Waals surface area (Å²) in [5.41, 5.74) is 1.30. The van der Waals surface area contributed by atoms with E-state index < -0.39 is 5.69 Å². The summed E-state index contributed by atoms with van der Waals surface area (Å²) in [6.45, 7) is 0. The van der Waals surface area contributed by atoms with Crippen LogP contribution in [-0.4, -0.2) is 40.7 Å². The van der Waals surface area contributed by atoms with E-state index in [0.717, 1.165) is 12.8 Å². The summed E-state index contributed by atoms with van der Waals surface area (Å²) in [5, 5.41) is 26.8. The predicted octanol–water partition coefficient (Wildman–Crippen LogP) is 0.0724. The summed E-state index contributed by atoms with van der Waals surface area (Å²) in [6, 6.07) is 7.41. The number of aromatic hydroxyl groups is 1. The SMILES string of the molecule is N#Cc1ccc(Nc2cc(=NC3CC3)n3ncc(=Cc4[nH]c(=O)[nH]c4O)c3n2)nc1. The van der Waals surface area contributed by atoms with Gasteiger partial charge in [0.1, 0.15) is 23.4 Å². The van der Waals surface area contributed by atoms with E-state index in [1.54, 1.807) is 35.0 Å². The van der Waals surface area contributed by atoms with Crippen molar-refractivity contribution in [3.05, 3.63) is 63.0 Å². The fourth-order valence-corrected chi connectivity index (χ4v) is 2.93. The van der Waals surface area contributed by atoms with Gasteiger partial charge in [-0.3, -0.25) is 9.98 Å². The fourth-order valence-electron chi connectivity index (χ4n) is 2.93. The Balaban J connectivity index is 1.65. The van der Waals surface area contributed by atoms with E-state index in [2.05, 4.69) is 30.4 Å². The lowest BCUT2D eigenvalue weighted by atomic mass is 10.3. The zero-order valence-corrected chi connectivity index (χ0v) is 15.5. The maximum atomic E-state index is 11.4. The van der Waals surface area contributed by atoms with Crippen molar-refractivity contribution >= 4 is 23.4 Å². The number of nitrogens with one attached hydrogen (secondary N) is 3. The molecule has 4 N–H and O–H groups in total. The number of nitrogens with zero attached hydrogens (tertiary/aromatic N) is 6. The number of imidazole rings is 1. The molecule has 1 aliphatic rings. The van der Waals surface area contributed by atoms with Crippen molar-refractivity contribution in [1.29, 1.82) is 5.26 Å². The first kappa shape index (κ1) is 17.6. The molecule has 0 amide bonds. The molecule has 5 rings (SSSR count). The molecule has 0 unspecified atom stereocenters. The highest BCUT2D eigenvalue weighted by atomic mass is 16.3. The smallest absolute Gasteiger partial charge is 0.326 e. The second kappa shape index (κ2) is 6.85. The van der Waals surface area contributed by atoms with Crippen LogP contribution in [0.3, 0.4) is 0 Å². The van der Waals surface area contributed by atoms with Gasteiger partial charge in [0.15, 0.2) is 11.1 Å². The summed E-state index contributed by atoms with van der Waals surface area (Å²) in [5.74, 6) is 0.764. The van der Waals surface area contributed by atoms with Gasteiger partial charge in [0.05, 0.1) is 17.8 Å². The Hall–Kier alpha value is -4.46. The molecule has 0 radical (unpaired) electrons. The number of hydrogen-bond acceptors (Lipinski definition) is 8. The number of hydrogen-bond donors (Lipinski definition) is 4. The zero-order chi connectivity index (χ0) is 20.7. The minimum Gasteiger partial charge on any atom is -0.493 e. The summed E-state index contributed by atoms with van der Waals surface area (Å²) in [7, 11) is 0. The molecule has 0 aromatic carbocycles. The van der Waals surface area contributed by atoms with Gasteiger partial charge in [0.2, 0.25) is 5.88 Å². The van der Waals surface area contributed by atoms with Crippen LogP contribution in [0.15, 0.2) is 40.4 Å². The number of rotatable bonds is 4. The summed E-state index contributed by atoms with van der Waals surface area (Å²) in [4.78, 5) is 29.7. The first-order valence-electron chi connectivity index (χ1n) is 9.18. The molecule has 0 aliphatic heterocycles. The number of anilines is 2. The van der Waals surface area contributed by atoms with Crippen molar-refractivity contribution < 1.29 is 5.11 Å². The van der Waals surface area contributed by atoms with Crippen molar-refractivity contribution in [1.82, 2.24) is 29.5 Å². The molecule has 30 heavy (non-hydrogen) atoms. The largest absolute Gasteiger partial charge is 0.493 e. The number of nitriles is 1. The maximum absolute atomic E-state index is 11.4. The lowest BCUT2D eigenvalue weighted by Gasteiger charge is -2.05. The van der Waals surface area contributed by atoms with E-state index in [0.29, 0.717) is 33.6 Å². The molecule has 0 spiro atoms. The van der Waals surface area contributed by atoms with E-state index in [9.17, 15) is 9.90 Å². The number of pyridine rings is 1. The second-order valence-corrected chi connectivity index (χ2v) is 6.85. The lowest BCUT2D eigenvalue weighted by Crippen LogP contribution is -2.20. The predicted molar refractivity (Wildman–Crippen MR) is 106 cm³/mol. The van der Waals surface area contributed by atoms with E-state index in [-0.39, 0.29) is 17.6 Å². The van der Waals surface area contributed by atoms with Gasteiger partial charge in [-0.05, 0) is 31.1 Å². The summed E-state index contributed by atoms with van der Waals surface area (Å²) >= 11 is 0. The Morgan fingerprint density at radius 2 is 2.17 bits per heavy atom. The van der Waals surface area contributed by atoms with Crippen LogP contribution >= 0.6 is 0 Å². The average molecular weight is 401 g/mol. The van der Waals surface area contributed by atoms with Gasteiger partial charge in [-0.25, -0.2) is 14.8 Å². The molecule has 0 saturated heterocycles. The summed E-state index contributed by atoms with van der Waals surface area (Å²) < 4.78 is 1.61. The van der Waals surface area contributed by atoms with Crippen LogP contribution in [0.4, 0.5) is 11.6 Å². The van der Waals surface area contributed by atoms with Gasteiger partial charge >= 0.3 is 5.69 Å². The van der Waals surface area contributed by atoms with E-state index in [1.165, 1.54) is 6.20 Å². The minimum absolute atomic E-state index is 0.226. The van der Waals surface area contributed by atoms with Crippen molar-refractivity contribution in [2.45, 2.75) is 18.9 Å². The molecule has 11 heteroatoms. The number of aromatic nitrogens is 6. The van der Waals surface area contributed by atoms with Gasteiger partial charge in [-0.15, -0.1) is 0 Å². The highest BCUT2D eigenvalue weighted by Crippen LogP contribution is 2.22. The third kappa shape index (κ3) is 3.37. The molecule has 11 nitrogen and oxygen atoms in total.